The third-order valence-electron chi connectivity index (χ3n) is 4.18. The molecule has 0 aliphatic rings. The van der Waals surface area contributed by atoms with Crippen molar-refractivity contribution in [1.82, 2.24) is 10.9 Å². The van der Waals surface area contributed by atoms with Crippen molar-refractivity contribution >= 4 is 11.8 Å². The number of amides is 2. The Kier molecular flexibility index (Phi) is 8.06. The lowest BCUT2D eigenvalue weighted by atomic mass is 10.0. The molecule has 2 aromatic rings. The van der Waals surface area contributed by atoms with E-state index in [1.165, 1.54) is 18.6 Å². The van der Waals surface area contributed by atoms with Gasteiger partial charge in [0, 0.05) is 5.56 Å². The van der Waals surface area contributed by atoms with Gasteiger partial charge in [0.1, 0.15) is 5.75 Å². The fourth-order valence-electron chi connectivity index (χ4n) is 2.70. The lowest BCUT2D eigenvalue weighted by molar-refractivity contribution is -0.274. The molecule has 0 heterocycles. The van der Waals surface area contributed by atoms with E-state index in [0.717, 1.165) is 43.4 Å². The highest BCUT2D eigenvalue weighted by Gasteiger charge is 2.32. The highest BCUT2D eigenvalue weighted by Crippen LogP contribution is 2.26. The van der Waals surface area contributed by atoms with Gasteiger partial charge in [0.25, 0.3) is 11.8 Å². The van der Waals surface area contributed by atoms with E-state index in [4.69, 9.17) is 0 Å². The van der Waals surface area contributed by atoms with Gasteiger partial charge in [0.05, 0.1) is 5.56 Å². The Hall–Kier alpha value is -3.03. The Morgan fingerprint density at radius 1 is 0.897 bits per heavy atom. The van der Waals surface area contributed by atoms with Crippen LogP contribution in [0.4, 0.5) is 13.2 Å². The molecule has 156 valence electrons. The van der Waals surface area contributed by atoms with Crippen LogP contribution in [0.5, 0.6) is 5.75 Å². The standard InChI is InChI=1S/C21H23F3N2O3/c1-2-3-4-5-8-15-11-13-16(14-12-15)19(27)25-26-20(28)17-9-6-7-10-18(17)29-21(22,23)24/h6-7,9-14H,2-5,8H2,1H3,(H,25,27)(H,26,28). The summed E-state index contributed by atoms with van der Waals surface area (Å²) in [5.74, 6) is -2.16. The average molecular weight is 408 g/mol. The summed E-state index contributed by atoms with van der Waals surface area (Å²) in [6.45, 7) is 2.15. The largest absolute Gasteiger partial charge is 0.573 e. The molecule has 29 heavy (non-hydrogen) atoms. The first-order chi connectivity index (χ1) is 13.8. The Morgan fingerprint density at radius 3 is 2.21 bits per heavy atom. The fourth-order valence-corrected chi connectivity index (χ4v) is 2.70. The van der Waals surface area contributed by atoms with Gasteiger partial charge < -0.3 is 4.74 Å². The molecule has 0 aliphatic carbocycles. The molecule has 0 bridgehead atoms. The molecule has 0 saturated carbocycles. The third-order valence-corrected chi connectivity index (χ3v) is 4.18. The van der Waals surface area contributed by atoms with Crippen LogP contribution >= 0.6 is 0 Å². The van der Waals surface area contributed by atoms with Crippen LogP contribution in [-0.4, -0.2) is 18.2 Å². The minimum Gasteiger partial charge on any atom is -0.405 e. The number of aryl methyl sites for hydroxylation is 1. The van der Waals surface area contributed by atoms with Gasteiger partial charge in [0.2, 0.25) is 0 Å². The summed E-state index contributed by atoms with van der Waals surface area (Å²) in [6.07, 6.45) is 0.584. The van der Waals surface area contributed by atoms with E-state index in [1.54, 1.807) is 12.1 Å². The number of hydrogen-bond donors (Lipinski definition) is 2. The minimum atomic E-state index is -4.93. The van der Waals surface area contributed by atoms with Crippen LogP contribution in [0.2, 0.25) is 0 Å². The van der Waals surface area contributed by atoms with Crippen LogP contribution in [-0.2, 0) is 6.42 Å². The molecule has 2 rings (SSSR count). The van der Waals surface area contributed by atoms with Crippen LogP contribution in [0.3, 0.4) is 0 Å². The Bertz CT molecular complexity index is 821. The van der Waals surface area contributed by atoms with Crippen molar-refractivity contribution in [3.05, 3.63) is 65.2 Å². The zero-order chi connectivity index (χ0) is 21.3. The minimum absolute atomic E-state index is 0.322. The van der Waals surface area contributed by atoms with Gasteiger partial charge in [0.15, 0.2) is 0 Å². The van der Waals surface area contributed by atoms with E-state index in [-0.39, 0.29) is 5.56 Å². The number of unbranched alkanes of at least 4 members (excludes halogenated alkanes) is 3. The quantitative estimate of drug-likeness (QED) is 0.488. The molecule has 0 aromatic heterocycles. The number of hydrogen-bond acceptors (Lipinski definition) is 3. The molecule has 2 amide bonds. The van der Waals surface area contributed by atoms with Crippen molar-refractivity contribution in [3.8, 4) is 5.75 Å². The number of benzene rings is 2. The third kappa shape index (κ3) is 7.48. The number of carbonyl (C=O) groups excluding carboxylic acids is 2. The smallest absolute Gasteiger partial charge is 0.405 e. The molecule has 0 saturated heterocycles. The van der Waals surface area contributed by atoms with E-state index in [2.05, 4.69) is 22.5 Å². The molecule has 0 unspecified atom stereocenters. The second-order valence-corrected chi connectivity index (χ2v) is 6.46. The van der Waals surface area contributed by atoms with Crippen LogP contribution in [0, 0.1) is 0 Å². The lowest BCUT2D eigenvalue weighted by Gasteiger charge is -2.13. The van der Waals surface area contributed by atoms with Crippen molar-refractivity contribution in [3.63, 3.8) is 0 Å². The predicted molar refractivity (Wildman–Crippen MR) is 102 cm³/mol. The maximum Gasteiger partial charge on any atom is 0.573 e. The monoisotopic (exact) mass is 408 g/mol. The number of alkyl halides is 3. The molecule has 0 aliphatic heterocycles. The summed E-state index contributed by atoms with van der Waals surface area (Å²) < 4.78 is 41.2. The molecule has 2 N–H and O–H groups in total. The zero-order valence-corrected chi connectivity index (χ0v) is 16.0. The molecule has 0 fully saturated rings. The fraction of sp³-hybridized carbons (Fsp3) is 0.333. The van der Waals surface area contributed by atoms with Gasteiger partial charge in [-0.05, 0) is 42.7 Å². The predicted octanol–water partition coefficient (Wildman–Crippen LogP) is 4.78. The number of hydrazine groups is 1. The van der Waals surface area contributed by atoms with Gasteiger partial charge in [-0.3, -0.25) is 20.4 Å². The van der Waals surface area contributed by atoms with Crippen molar-refractivity contribution in [2.24, 2.45) is 0 Å². The Labute approximate surface area is 167 Å². The van der Waals surface area contributed by atoms with E-state index in [9.17, 15) is 22.8 Å². The summed E-state index contributed by atoms with van der Waals surface area (Å²) >= 11 is 0. The summed E-state index contributed by atoms with van der Waals surface area (Å²) in [6, 6.07) is 11.8. The van der Waals surface area contributed by atoms with Crippen molar-refractivity contribution in [2.75, 3.05) is 0 Å². The van der Waals surface area contributed by atoms with Gasteiger partial charge in [-0.1, -0.05) is 50.5 Å². The molecule has 0 spiro atoms. The van der Waals surface area contributed by atoms with Crippen LogP contribution in [0.25, 0.3) is 0 Å². The van der Waals surface area contributed by atoms with Crippen LogP contribution in [0.1, 0.15) is 58.9 Å². The normalized spacial score (nSPS) is 11.0. The second kappa shape index (κ2) is 10.5. The first-order valence-corrected chi connectivity index (χ1v) is 9.34. The summed E-state index contributed by atoms with van der Waals surface area (Å²) in [7, 11) is 0. The van der Waals surface area contributed by atoms with Gasteiger partial charge in [-0.2, -0.15) is 0 Å². The van der Waals surface area contributed by atoms with Crippen LogP contribution < -0.4 is 15.6 Å². The molecule has 5 nitrogen and oxygen atoms in total. The molecule has 2 aromatic carbocycles. The van der Waals surface area contributed by atoms with Crippen LogP contribution in [0.15, 0.2) is 48.5 Å². The number of rotatable bonds is 8. The van der Waals surface area contributed by atoms with E-state index >= 15 is 0 Å². The SMILES string of the molecule is CCCCCCc1ccc(C(=O)NNC(=O)c2ccccc2OC(F)(F)F)cc1. The van der Waals surface area contributed by atoms with E-state index < -0.39 is 23.9 Å². The zero-order valence-electron chi connectivity index (χ0n) is 16.0. The van der Waals surface area contributed by atoms with Crippen molar-refractivity contribution in [2.45, 2.75) is 45.4 Å². The molecule has 0 atom stereocenters. The lowest BCUT2D eigenvalue weighted by Crippen LogP contribution is -2.41. The number of carbonyl (C=O) groups is 2. The van der Waals surface area contributed by atoms with E-state index in [1.807, 2.05) is 12.1 Å². The number of ether oxygens (including phenoxy) is 1. The maximum absolute atomic E-state index is 12.4. The van der Waals surface area contributed by atoms with Gasteiger partial charge >= 0.3 is 6.36 Å². The highest BCUT2D eigenvalue weighted by atomic mass is 19.4. The van der Waals surface area contributed by atoms with Gasteiger partial charge in [-0.25, -0.2) is 0 Å². The maximum atomic E-state index is 12.4. The first kappa shape index (κ1) is 22.3. The van der Waals surface area contributed by atoms with Gasteiger partial charge in [-0.15, -0.1) is 13.2 Å². The molecular formula is C21H23F3N2O3. The number of nitrogens with one attached hydrogen (secondary N) is 2. The van der Waals surface area contributed by atoms with E-state index in [0.29, 0.717) is 5.56 Å². The topological polar surface area (TPSA) is 67.4 Å². The summed E-state index contributed by atoms with van der Waals surface area (Å²) in [5, 5.41) is 0. The van der Waals surface area contributed by atoms with Crippen molar-refractivity contribution in [1.29, 1.82) is 0 Å². The Morgan fingerprint density at radius 2 is 1.55 bits per heavy atom. The second-order valence-electron chi connectivity index (χ2n) is 6.46. The molecule has 0 radical (unpaired) electrons. The first-order valence-electron chi connectivity index (χ1n) is 9.34. The van der Waals surface area contributed by atoms with Crippen molar-refractivity contribution < 1.29 is 27.5 Å². The molecular weight excluding hydrogens is 385 g/mol. The number of para-hydroxylation sites is 1. The summed E-state index contributed by atoms with van der Waals surface area (Å²) in [4.78, 5) is 24.3. The highest BCUT2D eigenvalue weighted by molar-refractivity contribution is 6.00. The average Bonchev–Trinajstić information content (AvgIpc) is 2.69. The Balaban J connectivity index is 1.91. The molecule has 8 heteroatoms. The summed E-state index contributed by atoms with van der Waals surface area (Å²) in [5.41, 5.74) is 5.37. The number of halogens is 3.